The van der Waals surface area contributed by atoms with Crippen molar-refractivity contribution < 1.29 is 13.5 Å². The van der Waals surface area contributed by atoms with E-state index in [0.717, 1.165) is 34.3 Å². The number of hydrogen-bond acceptors (Lipinski definition) is 3. The van der Waals surface area contributed by atoms with Crippen LogP contribution in [0.2, 0.25) is 0 Å². The number of nitrogens with one attached hydrogen (secondary N) is 1. The highest BCUT2D eigenvalue weighted by Crippen LogP contribution is 2.21. The second kappa shape index (κ2) is 7.66. The van der Waals surface area contributed by atoms with Crippen LogP contribution in [0.25, 0.3) is 5.69 Å². The third kappa shape index (κ3) is 3.75. The van der Waals surface area contributed by atoms with Crippen LogP contribution in [0.4, 0.5) is 8.78 Å². The van der Waals surface area contributed by atoms with Crippen LogP contribution in [0.15, 0.2) is 42.5 Å². The highest BCUT2D eigenvalue weighted by molar-refractivity contribution is 5.38. The van der Waals surface area contributed by atoms with Gasteiger partial charge in [-0.2, -0.15) is 5.10 Å². The first-order valence-corrected chi connectivity index (χ1v) is 8.33. The Kier molecular flexibility index (Phi) is 5.32. The minimum Gasteiger partial charge on any atom is -0.497 e. The summed E-state index contributed by atoms with van der Waals surface area (Å²) in [6.07, 6.45) is 0. The van der Waals surface area contributed by atoms with E-state index in [1.165, 1.54) is 16.8 Å². The first-order valence-electron chi connectivity index (χ1n) is 8.33. The maximum Gasteiger partial charge on any atom is 0.151 e. The molecule has 0 aliphatic rings. The summed E-state index contributed by atoms with van der Waals surface area (Å²) in [6.45, 7) is 5.06. The van der Waals surface area contributed by atoms with Gasteiger partial charge in [-0.1, -0.05) is 12.1 Å². The lowest BCUT2D eigenvalue weighted by Crippen LogP contribution is -2.14. The van der Waals surface area contributed by atoms with E-state index in [1.54, 1.807) is 7.11 Å². The van der Waals surface area contributed by atoms with Crippen molar-refractivity contribution in [3.63, 3.8) is 0 Å². The lowest BCUT2D eigenvalue weighted by molar-refractivity contribution is 0.414. The Hall–Kier alpha value is -2.73. The molecule has 3 aromatic rings. The lowest BCUT2D eigenvalue weighted by Gasteiger charge is -2.08. The van der Waals surface area contributed by atoms with Gasteiger partial charge in [-0.15, -0.1) is 0 Å². The molecule has 0 aliphatic heterocycles. The van der Waals surface area contributed by atoms with Crippen molar-refractivity contribution in [2.45, 2.75) is 26.9 Å². The molecule has 1 N–H and O–H groups in total. The molecule has 0 saturated heterocycles. The quantitative estimate of drug-likeness (QED) is 0.723. The molecule has 0 amide bonds. The summed E-state index contributed by atoms with van der Waals surface area (Å²) in [6, 6.07) is 11.3. The van der Waals surface area contributed by atoms with Crippen LogP contribution < -0.4 is 10.1 Å². The number of aromatic nitrogens is 2. The SMILES string of the molecule is COc1ccc(CNCc2c(C)nn(-c3ccc(F)cc3F)c2C)cc1. The maximum absolute atomic E-state index is 14.1. The van der Waals surface area contributed by atoms with Crippen molar-refractivity contribution in [1.29, 1.82) is 0 Å². The predicted molar refractivity (Wildman–Crippen MR) is 96.5 cm³/mol. The van der Waals surface area contributed by atoms with Crippen LogP contribution >= 0.6 is 0 Å². The van der Waals surface area contributed by atoms with Crippen molar-refractivity contribution in [2.75, 3.05) is 7.11 Å². The van der Waals surface area contributed by atoms with Gasteiger partial charge in [0.1, 0.15) is 17.3 Å². The van der Waals surface area contributed by atoms with Crippen LogP contribution in [0.3, 0.4) is 0 Å². The van der Waals surface area contributed by atoms with Crippen LogP contribution in [-0.4, -0.2) is 16.9 Å². The molecule has 1 heterocycles. The van der Waals surface area contributed by atoms with Gasteiger partial charge in [0.2, 0.25) is 0 Å². The number of rotatable bonds is 6. The molecular weight excluding hydrogens is 336 g/mol. The second-order valence-corrected chi connectivity index (χ2v) is 6.11. The van der Waals surface area contributed by atoms with Gasteiger partial charge in [-0.3, -0.25) is 0 Å². The van der Waals surface area contributed by atoms with Gasteiger partial charge in [0.25, 0.3) is 0 Å². The molecule has 0 fully saturated rings. The fourth-order valence-corrected chi connectivity index (χ4v) is 2.89. The van der Waals surface area contributed by atoms with Crippen molar-refractivity contribution in [3.05, 3.63) is 76.6 Å². The lowest BCUT2D eigenvalue weighted by atomic mass is 10.1. The highest BCUT2D eigenvalue weighted by Gasteiger charge is 2.15. The summed E-state index contributed by atoms with van der Waals surface area (Å²) in [5, 5.41) is 7.79. The molecule has 0 bridgehead atoms. The predicted octanol–water partition coefficient (Wildman–Crippen LogP) is 4.07. The molecule has 4 nitrogen and oxygen atoms in total. The number of ether oxygens (including phenoxy) is 1. The maximum atomic E-state index is 14.1. The zero-order valence-corrected chi connectivity index (χ0v) is 15.0. The van der Waals surface area contributed by atoms with Crippen molar-refractivity contribution >= 4 is 0 Å². The third-order valence-electron chi connectivity index (χ3n) is 4.37. The average molecular weight is 357 g/mol. The largest absolute Gasteiger partial charge is 0.497 e. The van der Waals surface area contributed by atoms with Gasteiger partial charge in [0.15, 0.2) is 5.82 Å². The Labute approximate surface area is 151 Å². The van der Waals surface area contributed by atoms with Gasteiger partial charge >= 0.3 is 0 Å². The normalized spacial score (nSPS) is 11.0. The van der Waals surface area contributed by atoms with Gasteiger partial charge in [0.05, 0.1) is 12.8 Å². The van der Waals surface area contributed by atoms with E-state index in [4.69, 9.17) is 4.74 Å². The molecule has 136 valence electrons. The Morgan fingerprint density at radius 2 is 1.77 bits per heavy atom. The Balaban J connectivity index is 1.73. The molecular formula is C20H21F2N3O. The van der Waals surface area contributed by atoms with Crippen molar-refractivity contribution in [2.24, 2.45) is 0 Å². The van der Waals surface area contributed by atoms with Gasteiger partial charge in [0, 0.05) is 30.4 Å². The summed E-state index contributed by atoms with van der Waals surface area (Å²) in [4.78, 5) is 0. The van der Waals surface area contributed by atoms with Crippen LogP contribution in [-0.2, 0) is 13.1 Å². The molecule has 26 heavy (non-hydrogen) atoms. The van der Waals surface area contributed by atoms with E-state index in [-0.39, 0.29) is 5.69 Å². The zero-order valence-electron chi connectivity index (χ0n) is 15.0. The Morgan fingerprint density at radius 3 is 2.42 bits per heavy atom. The zero-order chi connectivity index (χ0) is 18.7. The highest BCUT2D eigenvalue weighted by atomic mass is 19.1. The summed E-state index contributed by atoms with van der Waals surface area (Å²) in [5.74, 6) is -0.412. The summed E-state index contributed by atoms with van der Waals surface area (Å²) in [7, 11) is 1.64. The summed E-state index contributed by atoms with van der Waals surface area (Å²) in [5.41, 5.74) is 4.03. The summed E-state index contributed by atoms with van der Waals surface area (Å²) >= 11 is 0. The van der Waals surface area contributed by atoms with Gasteiger partial charge in [-0.05, 0) is 43.7 Å². The molecule has 6 heteroatoms. The van der Waals surface area contributed by atoms with Crippen LogP contribution in [0, 0.1) is 25.5 Å². The number of methoxy groups -OCH3 is 1. The Bertz CT molecular complexity index is 904. The number of benzene rings is 2. The van der Waals surface area contributed by atoms with Crippen molar-refractivity contribution in [3.8, 4) is 11.4 Å². The molecule has 1 aromatic heterocycles. The fraction of sp³-hybridized carbons (Fsp3) is 0.250. The van der Waals surface area contributed by atoms with Crippen LogP contribution in [0.5, 0.6) is 5.75 Å². The smallest absolute Gasteiger partial charge is 0.151 e. The average Bonchev–Trinajstić information content (AvgIpc) is 2.90. The first kappa shape index (κ1) is 18.1. The minimum absolute atomic E-state index is 0.244. The Morgan fingerprint density at radius 1 is 1.04 bits per heavy atom. The van der Waals surface area contributed by atoms with E-state index >= 15 is 0 Å². The molecule has 0 saturated carbocycles. The topological polar surface area (TPSA) is 39.1 Å². The summed E-state index contributed by atoms with van der Waals surface area (Å²) < 4.78 is 33.9. The molecule has 3 rings (SSSR count). The molecule has 0 spiro atoms. The minimum atomic E-state index is -0.631. The second-order valence-electron chi connectivity index (χ2n) is 6.11. The fourth-order valence-electron chi connectivity index (χ4n) is 2.89. The van der Waals surface area contributed by atoms with E-state index in [2.05, 4.69) is 10.4 Å². The number of hydrogen-bond donors (Lipinski definition) is 1. The number of nitrogens with zero attached hydrogens (tertiary/aromatic N) is 2. The van der Waals surface area contributed by atoms with E-state index in [9.17, 15) is 8.78 Å². The molecule has 0 radical (unpaired) electrons. The van der Waals surface area contributed by atoms with Gasteiger partial charge < -0.3 is 10.1 Å². The van der Waals surface area contributed by atoms with Gasteiger partial charge in [-0.25, -0.2) is 13.5 Å². The molecule has 2 aromatic carbocycles. The molecule has 0 unspecified atom stereocenters. The molecule has 0 aliphatic carbocycles. The number of halogens is 2. The van der Waals surface area contributed by atoms with E-state index in [0.29, 0.717) is 13.1 Å². The van der Waals surface area contributed by atoms with Crippen molar-refractivity contribution in [1.82, 2.24) is 15.1 Å². The monoisotopic (exact) mass is 357 g/mol. The van der Waals surface area contributed by atoms with Crippen LogP contribution in [0.1, 0.15) is 22.5 Å². The molecule has 0 atom stereocenters. The third-order valence-corrected chi connectivity index (χ3v) is 4.37. The standard InChI is InChI=1S/C20H21F2N3O/c1-13-18(12-23-11-15-4-7-17(26-3)8-5-15)14(2)25(24-13)20-9-6-16(21)10-19(20)22/h4-10,23H,11-12H2,1-3H3. The van der Waals surface area contributed by atoms with E-state index < -0.39 is 11.6 Å². The number of aryl methyl sites for hydroxylation is 1. The first-order chi connectivity index (χ1) is 12.5. The van der Waals surface area contributed by atoms with E-state index in [1.807, 2.05) is 38.1 Å².